The van der Waals surface area contributed by atoms with Gasteiger partial charge in [-0.1, -0.05) is 0 Å². The third kappa shape index (κ3) is 2.89. The summed E-state index contributed by atoms with van der Waals surface area (Å²) in [7, 11) is 0. The number of aromatic nitrogens is 2. The van der Waals surface area contributed by atoms with Crippen molar-refractivity contribution in [1.82, 2.24) is 15.1 Å². The van der Waals surface area contributed by atoms with Crippen LogP contribution in [0.15, 0.2) is 6.20 Å². The summed E-state index contributed by atoms with van der Waals surface area (Å²) < 4.78 is 1.95. The predicted octanol–water partition coefficient (Wildman–Crippen LogP) is -0.353. The second-order valence-corrected chi connectivity index (χ2v) is 4.31. The van der Waals surface area contributed by atoms with E-state index in [4.69, 9.17) is 10.8 Å². The van der Waals surface area contributed by atoms with E-state index in [9.17, 15) is 0 Å². The molecule has 2 heterocycles. The summed E-state index contributed by atoms with van der Waals surface area (Å²) in [5, 5.41) is 16.1. The van der Waals surface area contributed by atoms with Crippen LogP contribution >= 0.6 is 0 Å². The van der Waals surface area contributed by atoms with Crippen LogP contribution in [0.4, 0.5) is 11.5 Å². The molecule has 0 bridgehead atoms. The number of nitrogens with zero attached hydrogens (tertiary/aromatic N) is 3. The molecule has 0 aromatic carbocycles. The molecular weight excluding hydrogens is 218 g/mol. The van der Waals surface area contributed by atoms with Gasteiger partial charge in [0.1, 0.15) is 5.82 Å². The highest BCUT2D eigenvalue weighted by Crippen LogP contribution is 2.26. The molecule has 1 saturated heterocycles. The molecule has 0 amide bonds. The van der Waals surface area contributed by atoms with Gasteiger partial charge in [-0.25, -0.2) is 4.68 Å². The van der Waals surface area contributed by atoms with Gasteiger partial charge in [0.25, 0.3) is 0 Å². The first kappa shape index (κ1) is 12.2. The van der Waals surface area contributed by atoms with Gasteiger partial charge in [0, 0.05) is 26.2 Å². The van der Waals surface area contributed by atoms with Crippen molar-refractivity contribution in [3.63, 3.8) is 0 Å². The number of aliphatic hydroxyl groups is 1. The van der Waals surface area contributed by atoms with E-state index in [0.717, 1.165) is 37.7 Å². The van der Waals surface area contributed by atoms with Crippen LogP contribution in [0, 0.1) is 0 Å². The Morgan fingerprint density at radius 3 is 2.82 bits per heavy atom. The van der Waals surface area contributed by atoms with Crippen LogP contribution < -0.4 is 16.0 Å². The molecule has 1 aromatic heterocycles. The number of hydrogen-bond donors (Lipinski definition) is 3. The van der Waals surface area contributed by atoms with Crippen LogP contribution in [-0.2, 0) is 6.54 Å². The highest BCUT2D eigenvalue weighted by Gasteiger charge is 2.19. The van der Waals surface area contributed by atoms with E-state index in [1.54, 1.807) is 6.20 Å². The first-order chi connectivity index (χ1) is 8.33. The van der Waals surface area contributed by atoms with E-state index in [1.807, 2.05) is 4.68 Å². The van der Waals surface area contributed by atoms with Gasteiger partial charge in [-0.2, -0.15) is 5.10 Å². The quantitative estimate of drug-likeness (QED) is 0.591. The fraction of sp³-hybridized carbons (Fsp3) is 0.727. The Bertz CT molecular complexity index is 346. The van der Waals surface area contributed by atoms with Gasteiger partial charge >= 0.3 is 0 Å². The molecule has 0 unspecified atom stereocenters. The maximum Gasteiger partial charge on any atom is 0.150 e. The maximum absolute atomic E-state index is 8.68. The van der Waals surface area contributed by atoms with Crippen LogP contribution in [0.25, 0.3) is 0 Å². The molecule has 1 aromatic rings. The Morgan fingerprint density at radius 1 is 1.35 bits per heavy atom. The zero-order valence-corrected chi connectivity index (χ0v) is 10.1. The van der Waals surface area contributed by atoms with Crippen molar-refractivity contribution >= 4 is 11.5 Å². The van der Waals surface area contributed by atoms with E-state index in [2.05, 4.69) is 15.3 Å². The lowest BCUT2D eigenvalue weighted by Gasteiger charge is -2.19. The molecule has 17 heavy (non-hydrogen) atoms. The van der Waals surface area contributed by atoms with Crippen LogP contribution in [0.2, 0.25) is 0 Å². The van der Waals surface area contributed by atoms with Crippen molar-refractivity contribution in [3.8, 4) is 0 Å². The lowest BCUT2D eigenvalue weighted by molar-refractivity contribution is 0.291. The molecule has 6 heteroatoms. The molecule has 1 aliphatic rings. The summed E-state index contributed by atoms with van der Waals surface area (Å²) >= 11 is 0. The Kier molecular flexibility index (Phi) is 4.22. The van der Waals surface area contributed by atoms with Gasteiger partial charge in [-0.05, 0) is 12.8 Å². The number of anilines is 2. The molecule has 0 radical (unpaired) electrons. The Hall–Kier alpha value is -1.27. The maximum atomic E-state index is 8.68. The van der Waals surface area contributed by atoms with Gasteiger partial charge in [0.2, 0.25) is 0 Å². The molecule has 0 spiro atoms. The second kappa shape index (κ2) is 5.88. The standard InChI is InChI=1S/C11H21N5O/c12-10-9-14-16(7-3-13-4-8-17)11(10)15-5-1-2-6-15/h9,13,17H,1-8,12H2. The number of rotatable bonds is 6. The zero-order valence-electron chi connectivity index (χ0n) is 10.1. The van der Waals surface area contributed by atoms with Gasteiger partial charge in [-0.3, -0.25) is 0 Å². The Labute approximate surface area is 101 Å². The van der Waals surface area contributed by atoms with E-state index in [-0.39, 0.29) is 6.61 Å². The monoisotopic (exact) mass is 239 g/mol. The normalized spacial score (nSPS) is 15.7. The fourth-order valence-electron chi connectivity index (χ4n) is 2.22. The summed E-state index contributed by atoms with van der Waals surface area (Å²) in [5.41, 5.74) is 6.72. The van der Waals surface area contributed by atoms with E-state index >= 15 is 0 Å². The number of nitrogen functional groups attached to an aromatic ring is 1. The second-order valence-electron chi connectivity index (χ2n) is 4.31. The first-order valence-corrected chi connectivity index (χ1v) is 6.20. The third-order valence-electron chi connectivity index (χ3n) is 3.03. The van der Waals surface area contributed by atoms with E-state index in [1.165, 1.54) is 12.8 Å². The van der Waals surface area contributed by atoms with Crippen molar-refractivity contribution in [3.05, 3.63) is 6.20 Å². The summed E-state index contributed by atoms with van der Waals surface area (Å²) in [6, 6.07) is 0. The average Bonchev–Trinajstić information content (AvgIpc) is 2.94. The fourth-order valence-corrected chi connectivity index (χ4v) is 2.22. The highest BCUT2D eigenvalue weighted by atomic mass is 16.3. The van der Waals surface area contributed by atoms with Crippen LogP contribution in [0.5, 0.6) is 0 Å². The summed E-state index contributed by atoms with van der Waals surface area (Å²) in [6.45, 7) is 4.50. The van der Waals surface area contributed by atoms with Crippen molar-refractivity contribution in [2.24, 2.45) is 0 Å². The Morgan fingerprint density at radius 2 is 2.12 bits per heavy atom. The van der Waals surface area contributed by atoms with Crippen LogP contribution in [0.3, 0.4) is 0 Å². The van der Waals surface area contributed by atoms with Crippen LogP contribution in [0.1, 0.15) is 12.8 Å². The lowest BCUT2D eigenvalue weighted by atomic mass is 10.4. The van der Waals surface area contributed by atoms with Crippen molar-refractivity contribution in [1.29, 1.82) is 0 Å². The SMILES string of the molecule is Nc1cnn(CCNCCO)c1N1CCCC1. The molecule has 0 atom stereocenters. The van der Waals surface area contributed by atoms with Gasteiger partial charge in [-0.15, -0.1) is 0 Å². The smallest absolute Gasteiger partial charge is 0.150 e. The molecule has 4 N–H and O–H groups in total. The van der Waals surface area contributed by atoms with Crippen LogP contribution in [-0.4, -0.2) is 47.7 Å². The minimum atomic E-state index is 0.167. The van der Waals surface area contributed by atoms with Crippen molar-refractivity contribution in [2.45, 2.75) is 19.4 Å². The molecule has 0 aliphatic carbocycles. The predicted molar refractivity (Wildman–Crippen MR) is 68.0 cm³/mol. The van der Waals surface area contributed by atoms with E-state index in [0.29, 0.717) is 6.54 Å². The number of nitrogens with two attached hydrogens (primary N) is 1. The molecular formula is C11H21N5O. The number of nitrogens with one attached hydrogen (secondary N) is 1. The summed E-state index contributed by atoms with van der Waals surface area (Å²) in [4.78, 5) is 2.30. The number of aliphatic hydroxyl groups excluding tert-OH is 1. The third-order valence-corrected chi connectivity index (χ3v) is 3.03. The molecule has 6 nitrogen and oxygen atoms in total. The van der Waals surface area contributed by atoms with Gasteiger partial charge < -0.3 is 21.1 Å². The summed E-state index contributed by atoms with van der Waals surface area (Å²) in [6.07, 6.45) is 4.18. The molecule has 96 valence electrons. The zero-order chi connectivity index (χ0) is 12.1. The minimum Gasteiger partial charge on any atom is -0.395 e. The molecule has 0 saturated carbocycles. The van der Waals surface area contributed by atoms with Gasteiger partial charge in [0.15, 0.2) is 0 Å². The average molecular weight is 239 g/mol. The Balaban J connectivity index is 1.96. The minimum absolute atomic E-state index is 0.167. The van der Waals surface area contributed by atoms with Crippen molar-refractivity contribution in [2.75, 3.05) is 43.4 Å². The first-order valence-electron chi connectivity index (χ1n) is 6.20. The molecule has 1 fully saturated rings. The summed E-state index contributed by atoms with van der Waals surface area (Å²) in [5.74, 6) is 1.05. The molecule has 2 rings (SSSR count). The topological polar surface area (TPSA) is 79.3 Å². The largest absolute Gasteiger partial charge is 0.395 e. The molecule has 1 aliphatic heterocycles. The van der Waals surface area contributed by atoms with Gasteiger partial charge in [0.05, 0.1) is 25.0 Å². The number of hydrogen-bond acceptors (Lipinski definition) is 5. The van der Waals surface area contributed by atoms with Crippen molar-refractivity contribution < 1.29 is 5.11 Å². The lowest BCUT2D eigenvalue weighted by Crippen LogP contribution is -2.27. The van der Waals surface area contributed by atoms with E-state index < -0.39 is 0 Å². The highest BCUT2D eigenvalue weighted by molar-refractivity contribution is 5.62.